The van der Waals surface area contributed by atoms with Gasteiger partial charge < -0.3 is 25.0 Å². The number of carbonyl (C=O) groups excluding carboxylic acids is 1. The van der Waals surface area contributed by atoms with E-state index in [0.29, 0.717) is 5.75 Å². The van der Waals surface area contributed by atoms with E-state index >= 15 is 0 Å². The smallest absolute Gasteiger partial charge is 0.319 e. The first-order chi connectivity index (χ1) is 17.3. The average Bonchev–Trinajstić information content (AvgIpc) is 3.23. The summed E-state index contributed by atoms with van der Waals surface area (Å²) in [6.07, 6.45) is 3.57. The Morgan fingerprint density at radius 1 is 1.08 bits per heavy atom. The lowest BCUT2D eigenvalue weighted by molar-refractivity contribution is 0.129. The van der Waals surface area contributed by atoms with E-state index < -0.39 is 17.7 Å². The lowest BCUT2D eigenvalue weighted by Crippen LogP contribution is -2.53. The van der Waals surface area contributed by atoms with Crippen LogP contribution in [0.2, 0.25) is 0 Å². The van der Waals surface area contributed by atoms with Crippen molar-refractivity contribution < 1.29 is 23.0 Å². The first kappa shape index (κ1) is 26.2. The fourth-order valence-electron chi connectivity index (χ4n) is 5.78. The van der Waals surface area contributed by atoms with Crippen molar-refractivity contribution in [3.8, 4) is 11.5 Å². The molecular weight excluding hydrogens is 466 g/mol. The number of halogens is 2. The van der Waals surface area contributed by atoms with Gasteiger partial charge in [0, 0.05) is 42.3 Å². The molecule has 2 aromatic carbocycles. The van der Waals surface area contributed by atoms with Crippen LogP contribution in [0.5, 0.6) is 11.5 Å². The highest BCUT2D eigenvalue weighted by Gasteiger charge is 2.51. The molecule has 0 unspecified atom stereocenters. The molecule has 3 atom stereocenters. The van der Waals surface area contributed by atoms with Gasteiger partial charge in [-0.3, -0.25) is 4.90 Å². The molecule has 1 saturated heterocycles. The molecule has 0 aromatic heterocycles. The molecule has 2 aromatic rings. The molecule has 1 heterocycles. The number of urea groups is 1. The molecule has 9 heteroatoms. The molecule has 2 amide bonds. The zero-order valence-corrected chi connectivity index (χ0v) is 21.4. The Hall–Kier alpha value is -2.91. The van der Waals surface area contributed by atoms with Crippen LogP contribution in [0.1, 0.15) is 31.2 Å². The Morgan fingerprint density at radius 3 is 2.56 bits per heavy atom. The number of nitrogens with zero attached hydrogens (tertiary/aromatic N) is 2. The van der Waals surface area contributed by atoms with Crippen LogP contribution in [-0.2, 0) is 5.41 Å². The molecule has 196 valence electrons. The lowest BCUT2D eigenvalue weighted by Gasteiger charge is -2.45. The number of nitrogens with one attached hydrogen (secondary N) is 2. The van der Waals surface area contributed by atoms with Gasteiger partial charge in [0.25, 0.3) is 0 Å². The molecular formula is C27H36F2N4O3. The molecule has 2 N–H and O–H groups in total. The average molecular weight is 503 g/mol. The molecule has 4 rings (SSSR count). The summed E-state index contributed by atoms with van der Waals surface area (Å²) in [5, 5.41) is 5.69. The summed E-state index contributed by atoms with van der Waals surface area (Å²) < 4.78 is 37.8. The molecule has 2 aliphatic rings. The van der Waals surface area contributed by atoms with E-state index in [2.05, 4.69) is 46.7 Å². The zero-order valence-electron chi connectivity index (χ0n) is 21.4. The third-order valence-electron chi connectivity index (χ3n) is 7.68. The monoisotopic (exact) mass is 502 g/mol. The van der Waals surface area contributed by atoms with Crippen LogP contribution in [0, 0.1) is 11.6 Å². The molecule has 36 heavy (non-hydrogen) atoms. The second-order valence-corrected chi connectivity index (χ2v) is 10.0. The van der Waals surface area contributed by atoms with E-state index in [1.165, 1.54) is 11.6 Å². The van der Waals surface area contributed by atoms with Gasteiger partial charge in [0.1, 0.15) is 0 Å². The molecule has 0 spiro atoms. The van der Waals surface area contributed by atoms with Crippen molar-refractivity contribution in [2.45, 2.75) is 43.2 Å². The third kappa shape index (κ3) is 5.42. The largest absolute Gasteiger partial charge is 0.493 e. The van der Waals surface area contributed by atoms with Gasteiger partial charge in [-0.15, -0.1) is 0 Å². The van der Waals surface area contributed by atoms with Gasteiger partial charge in [0.2, 0.25) is 0 Å². The zero-order chi connectivity index (χ0) is 25.9. The first-order valence-electron chi connectivity index (χ1n) is 12.4. The lowest BCUT2D eigenvalue weighted by atomic mass is 9.65. The van der Waals surface area contributed by atoms with Gasteiger partial charge in [-0.25, -0.2) is 13.6 Å². The van der Waals surface area contributed by atoms with Gasteiger partial charge >= 0.3 is 6.03 Å². The number of fused-ring (bicyclic) bond motifs is 1. The van der Waals surface area contributed by atoms with E-state index in [9.17, 15) is 13.6 Å². The summed E-state index contributed by atoms with van der Waals surface area (Å²) in [5.41, 5.74) is 1.42. The Kier molecular flexibility index (Phi) is 8.00. The van der Waals surface area contributed by atoms with Crippen molar-refractivity contribution in [2.24, 2.45) is 0 Å². The number of methoxy groups -OCH3 is 2. The Bertz CT molecular complexity index is 1080. The Morgan fingerprint density at radius 2 is 1.86 bits per heavy atom. The number of rotatable bonds is 8. The minimum absolute atomic E-state index is 0.0338. The van der Waals surface area contributed by atoms with Crippen molar-refractivity contribution in [1.29, 1.82) is 0 Å². The summed E-state index contributed by atoms with van der Waals surface area (Å²) in [6, 6.07) is 9.36. The second-order valence-electron chi connectivity index (χ2n) is 10.0. The van der Waals surface area contributed by atoms with E-state index in [1.54, 1.807) is 14.2 Å². The number of amides is 2. The summed E-state index contributed by atoms with van der Waals surface area (Å²) in [5.74, 6) is -0.506. The highest BCUT2D eigenvalue weighted by Crippen LogP contribution is 2.50. The van der Waals surface area contributed by atoms with Crippen LogP contribution in [0.15, 0.2) is 36.4 Å². The quantitative estimate of drug-likeness (QED) is 0.566. The van der Waals surface area contributed by atoms with Crippen LogP contribution in [-0.4, -0.2) is 75.9 Å². The Labute approximate surface area is 211 Å². The highest BCUT2D eigenvalue weighted by atomic mass is 19.2. The van der Waals surface area contributed by atoms with Crippen molar-refractivity contribution in [2.75, 3.05) is 53.3 Å². The van der Waals surface area contributed by atoms with Gasteiger partial charge in [-0.1, -0.05) is 6.07 Å². The van der Waals surface area contributed by atoms with Crippen molar-refractivity contribution in [1.82, 2.24) is 15.1 Å². The number of ether oxygens (including phenoxy) is 2. The fourth-order valence-corrected chi connectivity index (χ4v) is 5.78. The molecule has 1 aliphatic carbocycles. The standard InChI is InChI=1S/C27H36F2N4O3/c1-32(2)13-14-33-12-11-27(18-5-8-23(35-3)24(15-18)36-4)10-9-20(17-25(27)33)31-26(34)30-19-6-7-21(28)22(29)16-19/h5-8,15-16,20,25H,9-14,17H2,1-4H3,(H2,30,31,34)/t20-,25+,27-/m0/s1. The van der Waals surface area contributed by atoms with Crippen LogP contribution < -0.4 is 20.1 Å². The first-order valence-corrected chi connectivity index (χ1v) is 12.4. The van der Waals surface area contributed by atoms with Crippen molar-refractivity contribution in [3.05, 3.63) is 53.6 Å². The number of hydrogen-bond acceptors (Lipinski definition) is 5. The topological polar surface area (TPSA) is 66.1 Å². The van der Waals surface area contributed by atoms with E-state index in [4.69, 9.17) is 9.47 Å². The van der Waals surface area contributed by atoms with Crippen LogP contribution >= 0.6 is 0 Å². The molecule has 1 saturated carbocycles. The number of likely N-dealkylation sites (tertiary alicyclic amines) is 1. The van der Waals surface area contributed by atoms with Crippen molar-refractivity contribution in [3.63, 3.8) is 0 Å². The molecule has 7 nitrogen and oxygen atoms in total. The SMILES string of the molecule is COc1ccc([C@@]23CC[C@H](NC(=O)Nc4ccc(F)c(F)c4)C[C@H]2N(CCN(C)C)CC3)cc1OC. The van der Waals surface area contributed by atoms with Crippen LogP contribution in [0.4, 0.5) is 19.3 Å². The van der Waals surface area contributed by atoms with E-state index in [-0.39, 0.29) is 23.2 Å². The minimum Gasteiger partial charge on any atom is -0.493 e. The van der Waals surface area contributed by atoms with E-state index in [0.717, 1.165) is 63.2 Å². The minimum atomic E-state index is -0.993. The number of hydrogen-bond donors (Lipinski definition) is 2. The second kappa shape index (κ2) is 11.0. The maximum atomic E-state index is 13.5. The number of carbonyl (C=O) groups is 1. The molecule has 2 fully saturated rings. The molecule has 0 radical (unpaired) electrons. The van der Waals surface area contributed by atoms with E-state index in [1.807, 2.05) is 6.07 Å². The van der Waals surface area contributed by atoms with Gasteiger partial charge in [0.05, 0.1) is 14.2 Å². The number of likely N-dealkylation sites (N-methyl/N-ethyl adjacent to an activating group) is 1. The van der Waals surface area contributed by atoms with Gasteiger partial charge in [0.15, 0.2) is 23.1 Å². The summed E-state index contributed by atoms with van der Waals surface area (Å²) in [6.45, 7) is 2.88. The predicted molar refractivity (Wildman–Crippen MR) is 136 cm³/mol. The highest BCUT2D eigenvalue weighted by molar-refractivity contribution is 5.89. The number of benzene rings is 2. The fraction of sp³-hybridized carbons (Fsp3) is 0.519. The van der Waals surface area contributed by atoms with Crippen molar-refractivity contribution >= 4 is 11.7 Å². The molecule has 1 aliphatic heterocycles. The molecule has 0 bridgehead atoms. The predicted octanol–water partition coefficient (Wildman–Crippen LogP) is 4.23. The van der Waals surface area contributed by atoms with Gasteiger partial charge in [-0.05, 0) is 76.2 Å². The van der Waals surface area contributed by atoms with Crippen LogP contribution in [0.25, 0.3) is 0 Å². The summed E-state index contributed by atoms with van der Waals surface area (Å²) in [7, 11) is 7.44. The normalized spacial score (nSPS) is 23.9. The van der Waals surface area contributed by atoms with Crippen LogP contribution in [0.3, 0.4) is 0 Å². The maximum absolute atomic E-state index is 13.5. The van der Waals surface area contributed by atoms with Gasteiger partial charge in [-0.2, -0.15) is 0 Å². The summed E-state index contributed by atoms with van der Waals surface area (Å²) in [4.78, 5) is 17.4. The summed E-state index contributed by atoms with van der Waals surface area (Å²) >= 11 is 0. The Balaban J connectivity index is 1.52. The maximum Gasteiger partial charge on any atom is 0.319 e. The third-order valence-corrected chi connectivity index (χ3v) is 7.68. The number of anilines is 1.